The molecule has 3 fully saturated rings. The minimum atomic E-state index is -1.99. The normalized spacial score (nSPS) is 29.8. The highest BCUT2D eigenvalue weighted by atomic mass is 16.8. The number of aliphatic hydroxyl groups is 11. The van der Waals surface area contributed by atoms with Crippen LogP contribution in [0.3, 0.4) is 0 Å². The largest absolute Gasteiger partial charge is 0.394 e. The third kappa shape index (κ3) is 29.8. The zero-order chi connectivity index (χ0) is 60.5. The quantitative estimate of drug-likeness (QED) is 0.0220. The molecule has 19 heteroatoms. The molecular formula is C64H113NO18. The molecule has 1 amide bonds. The summed E-state index contributed by atoms with van der Waals surface area (Å²) in [5, 5.41) is 120. The van der Waals surface area contributed by atoms with Crippen LogP contribution in [0, 0.1) is 0 Å². The van der Waals surface area contributed by atoms with Gasteiger partial charge < -0.3 is 89.9 Å². The Kier molecular flexibility index (Phi) is 42.0. The molecule has 3 saturated heterocycles. The molecule has 0 radical (unpaired) electrons. The van der Waals surface area contributed by atoms with Crippen LogP contribution in [-0.2, 0) is 33.2 Å². The van der Waals surface area contributed by atoms with E-state index in [1.54, 1.807) is 6.08 Å². The maximum Gasteiger partial charge on any atom is 0.220 e. The minimum absolute atomic E-state index is 0.214. The van der Waals surface area contributed by atoms with Gasteiger partial charge in [-0.3, -0.25) is 4.79 Å². The van der Waals surface area contributed by atoms with Gasteiger partial charge in [0, 0.05) is 6.42 Å². The highest BCUT2D eigenvalue weighted by Crippen LogP contribution is 2.33. The Morgan fingerprint density at radius 1 is 0.434 bits per heavy atom. The van der Waals surface area contributed by atoms with Gasteiger partial charge in [0.1, 0.15) is 73.2 Å². The van der Waals surface area contributed by atoms with Crippen LogP contribution in [0.25, 0.3) is 0 Å². The van der Waals surface area contributed by atoms with Gasteiger partial charge in [-0.05, 0) is 77.0 Å². The molecule has 0 aliphatic carbocycles. The minimum Gasteiger partial charge on any atom is -0.394 e. The van der Waals surface area contributed by atoms with Crippen molar-refractivity contribution in [3.8, 4) is 0 Å². The predicted octanol–water partition coefficient (Wildman–Crippen LogP) is 6.82. The zero-order valence-corrected chi connectivity index (χ0v) is 50.4. The predicted molar refractivity (Wildman–Crippen MR) is 318 cm³/mol. The molecular weight excluding hydrogens is 1070 g/mol. The lowest BCUT2D eigenvalue weighted by molar-refractivity contribution is -0.379. The van der Waals surface area contributed by atoms with Crippen molar-refractivity contribution in [2.75, 3.05) is 26.4 Å². The fourth-order valence-electron chi connectivity index (χ4n) is 10.5. The molecule has 0 saturated carbocycles. The van der Waals surface area contributed by atoms with Gasteiger partial charge in [0.05, 0.1) is 38.6 Å². The van der Waals surface area contributed by atoms with Gasteiger partial charge in [-0.2, -0.15) is 0 Å². The monoisotopic (exact) mass is 1180 g/mol. The number of rotatable bonds is 47. The van der Waals surface area contributed by atoms with E-state index >= 15 is 0 Å². The molecule has 0 aromatic heterocycles. The number of hydrogen-bond donors (Lipinski definition) is 12. The summed E-state index contributed by atoms with van der Waals surface area (Å²) in [5.74, 6) is -0.305. The molecule has 12 N–H and O–H groups in total. The molecule has 83 heavy (non-hydrogen) atoms. The molecule has 19 nitrogen and oxygen atoms in total. The van der Waals surface area contributed by atoms with Crippen LogP contribution >= 0.6 is 0 Å². The van der Waals surface area contributed by atoms with Crippen molar-refractivity contribution < 1.29 is 89.4 Å². The summed E-state index contributed by atoms with van der Waals surface area (Å²) in [6, 6.07) is -1.01. The van der Waals surface area contributed by atoms with Crippen LogP contribution in [0.5, 0.6) is 0 Å². The van der Waals surface area contributed by atoms with Crippen molar-refractivity contribution in [1.29, 1.82) is 0 Å². The maximum absolute atomic E-state index is 13.3. The Morgan fingerprint density at radius 2 is 0.807 bits per heavy atom. The molecule has 3 aliphatic rings. The summed E-state index contributed by atoms with van der Waals surface area (Å²) >= 11 is 0. The number of allylic oxidation sites excluding steroid dienone is 9. The number of amides is 1. The standard InChI is InChI=1S/C64H113NO18/c1-3-5-7-9-11-13-15-17-19-21-22-23-24-25-26-27-29-31-33-35-37-39-41-48(69)47(65-52(70)42-40-38-36-34-32-30-28-20-18-16-14-12-10-8-6-4-2)46-78-62-58(76)55(73)60(50(44-67)80-62)83-64-59(77)56(74)61(51(45-68)81-64)82-63-57(75)54(72)53(71)49(43-66)79-63/h14,16,20,25-26,28,31,33,39,41,47-51,53-64,66-69,71-77H,3-13,15,17-19,21-24,27,29-30,32,34-38,40,42-46H2,1-2H3,(H,65,70)/b16-14-,26-25+,28-20-,33-31+,41-39+. The Hall–Kier alpha value is -2.51. The van der Waals surface area contributed by atoms with Crippen LogP contribution in [-0.4, -0.2) is 193 Å². The van der Waals surface area contributed by atoms with Gasteiger partial charge in [-0.1, -0.05) is 184 Å². The molecule has 17 atom stereocenters. The lowest BCUT2D eigenvalue weighted by Crippen LogP contribution is -2.66. The van der Waals surface area contributed by atoms with E-state index in [4.69, 9.17) is 28.4 Å². The van der Waals surface area contributed by atoms with E-state index in [-0.39, 0.29) is 18.9 Å². The molecule has 3 heterocycles. The molecule has 0 aromatic rings. The third-order valence-electron chi connectivity index (χ3n) is 15.8. The second-order valence-electron chi connectivity index (χ2n) is 22.8. The van der Waals surface area contributed by atoms with E-state index in [1.807, 2.05) is 6.08 Å². The Morgan fingerprint density at radius 3 is 1.29 bits per heavy atom. The van der Waals surface area contributed by atoms with Gasteiger partial charge in [0.2, 0.25) is 5.91 Å². The lowest BCUT2D eigenvalue weighted by Gasteiger charge is -2.48. The van der Waals surface area contributed by atoms with Crippen molar-refractivity contribution in [2.45, 2.75) is 311 Å². The fourth-order valence-corrected chi connectivity index (χ4v) is 10.5. The first kappa shape index (κ1) is 74.7. The zero-order valence-electron chi connectivity index (χ0n) is 50.4. The second-order valence-corrected chi connectivity index (χ2v) is 22.8. The Bertz CT molecular complexity index is 1750. The smallest absolute Gasteiger partial charge is 0.220 e. The number of unbranched alkanes of at least 4 members (excludes halogenated alkanes) is 23. The summed E-state index contributed by atoms with van der Waals surface area (Å²) in [7, 11) is 0. The average Bonchev–Trinajstić information content (AvgIpc) is 3.25. The molecule has 0 spiro atoms. The van der Waals surface area contributed by atoms with Crippen molar-refractivity contribution in [1.82, 2.24) is 5.32 Å². The van der Waals surface area contributed by atoms with Crippen molar-refractivity contribution in [3.63, 3.8) is 0 Å². The Balaban J connectivity index is 1.51. The first-order valence-electron chi connectivity index (χ1n) is 32.0. The number of carbonyl (C=O) groups is 1. The first-order chi connectivity index (χ1) is 40.3. The summed E-state index contributed by atoms with van der Waals surface area (Å²) in [6.45, 7) is 1.66. The van der Waals surface area contributed by atoms with Crippen molar-refractivity contribution in [2.24, 2.45) is 0 Å². The number of nitrogens with one attached hydrogen (secondary N) is 1. The van der Waals surface area contributed by atoms with E-state index in [2.05, 4.69) is 67.8 Å². The number of ether oxygens (including phenoxy) is 6. The van der Waals surface area contributed by atoms with Crippen LogP contribution < -0.4 is 5.32 Å². The van der Waals surface area contributed by atoms with E-state index < -0.39 is 124 Å². The molecule has 0 aromatic carbocycles. The van der Waals surface area contributed by atoms with Gasteiger partial charge in [-0.15, -0.1) is 0 Å². The van der Waals surface area contributed by atoms with E-state index in [0.717, 1.165) is 70.6 Å². The summed E-state index contributed by atoms with van der Waals surface area (Å²) in [6.07, 6.45) is 27.7. The lowest BCUT2D eigenvalue weighted by atomic mass is 9.96. The highest BCUT2D eigenvalue weighted by Gasteiger charge is 2.53. The highest BCUT2D eigenvalue weighted by molar-refractivity contribution is 5.76. The number of carbonyl (C=O) groups excluding carboxylic acids is 1. The number of aliphatic hydroxyl groups excluding tert-OH is 11. The molecule has 3 rings (SSSR count). The summed E-state index contributed by atoms with van der Waals surface area (Å²) < 4.78 is 34.2. The van der Waals surface area contributed by atoms with Crippen LogP contribution in [0.4, 0.5) is 0 Å². The SMILES string of the molecule is CCCCCC/C=C\C/C=C\CCCCCCCC(=O)NC(COC1OC(CO)C(OC2OC(CO)C(OC3OC(CO)C(O)C(O)C3O)C(O)C2O)C(O)C1O)C(O)/C=C/CC/C=C/CC/C=C/CCCCCCCCCCCCCC. The Labute approximate surface area is 496 Å². The van der Waals surface area contributed by atoms with Gasteiger partial charge >= 0.3 is 0 Å². The average molecular weight is 1180 g/mol. The third-order valence-corrected chi connectivity index (χ3v) is 15.8. The topological polar surface area (TPSA) is 307 Å². The van der Waals surface area contributed by atoms with E-state index in [0.29, 0.717) is 12.8 Å². The molecule has 3 aliphatic heterocycles. The van der Waals surface area contributed by atoms with Crippen molar-refractivity contribution >= 4 is 5.91 Å². The van der Waals surface area contributed by atoms with Crippen LogP contribution in [0.2, 0.25) is 0 Å². The van der Waals surface area contributed by atoms with Crippen LogP contribution in [0.1, 0.15) is 206 Å². The molecule has 17 unspecified atom stereocenters. The van der Waals surface area contributed by atoms with Gasteiger partial charge in [-0.25, -0.2) is 0 Å². The first-order valence-corrected chi connectivity index (χ1v) is 32.0. The molecule has 482 valence electrons. The van der Waals surface area contributed by atoms with Crippen molar-refractivity contribution in [3.05, 3.63) is 60.8 Å². The van der Waals surface area contributed by atoms with Gasteiger partial charge in [0.15, 0.2) is 18.9 Å². The summed E-state index contributed by atoms with van der Waals surface area (Å²) in [4.78, 5) is 13.3. The summed E-state index contributed by atoms with van der Waals surface area (Å²) in [5.41, 5.74) is 0. The number of hydrogen-bond acceptors (Lipinski definition) is 18. The molecule has 0 bridgehead atoms. The van der Waals surface area contributed by atoms with E-state index in [9.17, 15) is 61.0 Å². The van der Waals surface area contributed by atoms with Gasteiger partial charge in [0.25, 0.3) is 0 Å². The second kappa shape index (κ2) is 46.6. The van der Waals surface area contributed by atoms with Crippen LogP contribution in [0.15, 0.2) is 60.8 Å². The maximum atomic E-state index is 13.3. The fraction of sp³-hybridized carbons (Fsp3) is 0.828. The van der Waals surface area contributed by atoms with E-state index in [1.165, 1.54) is 103 Å².